The van der Waals surface area contributed by atoms with Crippen molar-refractivity contribution in [3.05, 3.63) is 0 Å². The quantitative estimate of drug-likeness (QED) is 0.816. The molecule has 1 saturated heterocycles. The molecule has 0 radical (unpaired) electrons. The minimum absolute atomic E-state index is 0.0799. The molecule has 0 aromatic rings. The SMILES string of the molecule is CCN(CC(C)C)C(=O)N1CCCCC1CCC(=O)O. The standard InChI is InChI=1S/C15H28N2O3/c1-4-16(11-12(2)3)15(20)17-10-6-5-7-13(17)8-9-14(18)19/h12-13H,4-11H2,1-3H3,(H,18,19). The van der Waals surface area contributed by atoms with Gasteiger partial charge >= 0.3 is 12.0 Å². The second kappa shape index (κ2) is 8.12. The van der Waals surface area contributed by atoms with Crippen molar-refractivity contribution >= 4 is 12.0 Å². The van der Waals surface area contributed by atoms with E-state index in [1.807, 2.05) is 16.7 Å². The average molecular weight is 284 g/mol. The molecule has 0 aromatic carbocycles. The molecule has 0 spiro atoms. The Labute approximate surface area is 121 Å². The van der Waals surface area contributed by atoms with Crippen molar-refractivity contribution in [2.75, 3.05) is 19.6 Å². The number of hydrogen-bond acceptors (Lipinski definition) is 2. The van der Waals surface area contributed by atoms with Crippen molar-refractivity contribution in [2.45, 2.75) is 58.9 Å². The molecular weight excluding hydrogens is 256 g/mol. The number of carboxylic acid groups (broad SMARTS) is 1. The maximum Gasteiger partial charge on any atom is 0.320 e. The predicted molar refractivity (Wildman–Crippen MR) is 78.7 cm³/mol. The van der Waals surface area contributed by atoms with Crippen LogP contribution in [0.2, 0.25) is 0 Å². The molecule has 1 unspecified atom stereocenters. The molecular formula is C15H28N2O3. The second-order valence-electron chi connectivity index (χ2n) is 5.99. The van der Waals surface area contributed by atoms with E-state index in [9.17, 15) is 9.59 Å². The molecule has 1 aliphatic rings. The summed E-state index contributed by atoms with van der Waals surface area (Å²) in [7, 11) is 0. The van der Waals surface area contributed by atoms with Crippen LogP contribution in [0.4, 0.5) is 4.79 Å². The third-order valence-corrected chi connectivity index (χ3v) is 3.80. The third kappa shape index (κ3) is 5.02. The van der Waals surface area contributed by atoms with Crippen LogP contribution in [0.15, 0.2) is 0 Å². The minimum atomic E-state index is -0.780. The highest BCUT2D eigenvalue weighted by atomic mass is 16.4. The molecule has 1 rings (SSSR count). The fourth-order valence-corrected chi connectivity index (χ4v) is 2.81. The maximum atomic E-state index is 12.6. The van der Waals surface area contributed by atoms with Gasteiger partial charge in [0, 0.05) is 32.1 Å². The summed E-state index contributed by atoms with van der Waals surface area (Å²) < 4.78 is 0. The van der Waals surface area contributed by atoms with Gasteiger partial charge in [0.1, 0.15) is 0 Å². The molecule has 1 aliphatic heterocycles. The van der Waals surface area contributed by atoms with Gasteiger partial charge in [0.25, 0.3) is 0 Å². The largest absolute Gasteiger partial charge is 0.481 e. The minimum Gasteiger partial charge on any atom is -0.481 e. The molecule has 2 amide bonds. The van der Waals surface area contributed by atoms with E-state index in [4.69, 9.17) is 5.11 Å². The smallest absolute Gasteiger partial charge is 0.320 e. The monoisotopic (exact) mass is 284 g/mol. The fourth-order valence-electron chi connectivity index (χ4n) is 2.81. The predicted octanol–water partition coefficient (Wildman–Crippen LogP) is 2.80. The average Bonchev–Trinajstić information content (AvgIpc) is 2.41. The van der Waals surface area contributed by atoms with Gasteiger partial charge < -0.3 is 14.9 Å². The zero-order chi connectivity index (χ0) is 15.1. The van der Waals surface area contributed by atoms with Gasteiger partial charge in [-0.25, -0.2) is 4.79 Å². The number of carboxylic acids is 1. The zero-order valence-electron chi connectivity index (χ0n) is 13.0. The van der Waals surface area contributed by atoms with Gasteiger partial charge in [0.15, 0.2) is 0 Å². The molecule has 20 heavy (non-hydrogen) atoms. The van der Waals surface area contributed by atoms with Crippen molar-refractivity contribution in [1.82, 2.24) is 9.80 Å². The number of nitrogens with zero attached hydrogens (tertiary/aromatic N) is 2. The Morgan fingerprint density at radius 2 is 2.05 bits per heavy atom. The van der Waals surface area contributed by atoms with Crippen LogP contribution < -0.4 is 0 Å². The summed E-state index contributed by atoms with van der Waals surface area (Å²) in [6.45, 7) is 8.44. The molecule has 1 fully saturated rings. The van der Waals surface area contributed by atoms with Gasteiger partial charge in [-0.2, -0.15) is 0 Å². The van der Waals surface area contributed by atoms with Crippen LogP contribution in [-0.2, 0) is 4.79 Å². The lowest BCUT2D eigenvalue weighted by atomic mass is 9.98. The third-order valence-electron chi connectivity index (χ3n) is 3.80. The summed E-state index contributed by atoms with van der Waals surface area (Å²) in [6, 6.07) is 0.171. The van der Waals surface area contributed by atoms with Gasteiger partial charge in [-0.05, 0) is 38.5 Å². The molecule has 5 nitrogen and oxygen atoms in total. The lowest BCUT2D eigenvalue weighted by Crippen LogP contribution is -2.51. The highest BCUT2D eigenvalue weighted by molar-refractivity contribution is 5.75. The maximum absolute atomic E-state index is 12.6. The number of carbonyl (C=O) groups is 2. The van der Waals surface area contributed by atoms with E-state index in [1.54, 1.807) is 0 Å². The molecule has 0 aromatic heterocycles. The Bertz CT molecular complexity index is 331. The van der Waals surface area contributed by atoms with Crippen LogP contribution in [0.3, 0.4) is 0 Å². The summed E-state index contributed by atoms with van der Waals surface area (Å²) in [6.07, 6.45) is 3.75. The molecule has 0 saturated carbocycles. The number of hydrogen-bond donors (Lipinski definition) is 1. The topological polar surface area (TPSA) is 60.9 Å². The Morgan fingerprint density at radius 3 is 2.60 bits per heavy atom. The van der Waals surface area contributed by atoms with E-state index in [2.05, 4.69) is 13.8 Å². The van der Waals surface area contributed by atoms with Crippen LogP contribution >= 0.6 is 0 Å². The molecule has 0 aliphatic carbocycles. The molecule has 1 atom stereocenters. The number of urea groups is 1. The van der Waals surface area contributed by atoms with E-state index in [-0.39, 0.29) is 18.5 Å². The number of aliphatic carboxylic acids is 1. The number of likely N-dealkylation sites (tertiary alicyclic amines) is 1. The Kier molecular flexibility index (Phi) is 6.82. The Morgan fingerprint density at radius 1 is 1.35 bits per heavy atom. The van der Waals surface area contributed by atoms with Gasteiger partial charge in [0.05, 0.1) is 0 Å². The van der Waals surface area contributed by atoms with Gasteiger partial charge in [-0.15, -0.1) is 0 Å². The Hall–Kier alpha value is -1.26. The summed E-state index contributed by atoms with van der Waals surface area (Å²) in [5.74, 6) is -0.335. The van der Waals surface area contributed by atoms with Crippen LogP contribution in [0.1, 0.15) is 52.9 Å². The highest BCUT2D eigenvalue weighted by Crippen LogP contribution is 2.22. The van der Waals surface area contributed by atoms with E-state index in [0.29, 0.717) is 18.9 Å². The molecule has 1 heterocycles. The normalized spacial score (nSPS) is 19.2. The summed E-state index contributed by atoms with van der Waals surface area (Å²) >= 11 is 0. The van der Waals surface area contributed by atoms with Crippen molar-refractivity contribution < 1.29 is 14.7 Å². The van der Waals surface area contributed by atoms with Gasteiger partial charge in [-0.1, -0.05) is 13.8 Å². The summed E-state index contributed by atoms with van der Waals surface area (Å²) in [4.78, 5) is 27.1. The van der Waals surface area contributed by atoms with Crippen LogP contribution in [0.5, 0.6) is 0 Å². The van der Waals surface area contributed by atoms with Crippen LogP contribution in [-0.4, -0.2) is 52.6 Å². The molecule has 116 valence electrons. The Balaban J connectivity index is 2.67. The molecule has 5 heteroatoms. The first-order valence-corrected chi connectivity index (χ1v) is 7.73. The number of piperidine rings is 1. The van der Waals surface area contributed by atoms with Gasteiger partial charge in [0.2, 0.25) is 0 Å². The van der Waals surface area contributed by atoms with E-state index < -0.39 is 5.97 Å². The first-order chi connectivity index (χ1) is 9.45. The second-order valence-corrected chi connectivity index (χ2v) is 5.99. The van der Waals surface area contributed by atoms with Gasteiger partial charge in [-0.3, -0.25) is 4.79 Å². The van der Waals surface area contributed by atoms with Crippen molar-refractivity contribution in [3.8, 4) is 0 Å². The van der Waals surface area contributed by atoms with E-state index in [0.717, 1.165) is 32.4 Å². The van der Waals surface area contributed by atoms with Crippen molar-refractivity contribution in [2.24, 2.45) is 5.92 Å². The van der Waals surface area contributed by atoms with Crippen LogP contribution in [0.25, 0.3) is 0 Å². The summed E-state index contributed by atoms with van der Waals surface area (Å²) in [5.41, 5.74) is 0. The first-order valence-electron chi connectivity index (χ1n) is 7.73. The zero-order valence-corrected chi connectivity index (χ0v) is 13.0. The molecule has 1 N–H and O–H groups in total. The highest BCUT2D eigenvalue weighted by Gasteiger charge is 2.29. The van der Waals surface area contributed by atoms with Crippen LogP contribution in [0, 0.1) is 5.92 Å². The molecule has 0 bridgehead atoms. The lowest BCUT2D eigenvalue weighted by Gasteiger charge is -2.39. The lowest BCUT2D eigenvalue weighted by molar-refractivity contribution is -0.137. The fraction of sp³-hybridized carbons (Fsp3) is 0.867. The van der Waals surface area contributed by atoms with E-state index >= 15 is 0 Å². The number of amides is 2. The van der Waals surface area contributed by atoms with Crippen molar-refractivity contribution in [3.63, 3.8) is 0 Å². The van der Waals surface area contributed by atoms with Crippen molar-refractivity contribution in [1.29, 1.82) is 0 Å². The first kappa shape index (κ1) is 16.8. The number of rotatable bonds is 6. The number of carbonyl (C=O) groups excluding carboxylic acids is 1. The summed E-state index contributed by atoms with van der Waals surface area (Å²) in [5, 5.41) is 8.83. The van der Waals surface area contributed by atoms with E-state index in [1.165, 1.54) is 0 Å².